The van der Waals surface area contributed by atoms with Gasteiger partial charge in [0.1, 0.15) is 0 Å². The second kappa shape index (κ2) is 9.29. The van der Waals surface area contributed by atoms with Crippen molar-refractivity contribution >= 4 is 11.6 Å². The van der Waals surface area contributed by atoms with Crippen LogP contribution in [0, 0.1) is 0 Å². The third kappa shape index (κ3) is 5.92. The van der Waals surface area contributed by atoms with E-state index in [1.807, 2.05) is 0 Å². The Kier molecular flexibility index (Phi) is 7.01. The zero-order chi connectivity index (χ0) is 15.6. The highest BCUT2D eigenvalue weighted by molar-refractivity contribution is 5.76. The van der Waals surface area contributed by atoms with E-state index in [1.54, 1.807) is 0 Å². The van der Waals surface area contributed by atoms with Crippen molar-refractivity contribution in [2.24, 2.45) is 0 Å². The van der Waals surface area contributed by atoms with E-state index >= 15 is 0 Å². The minimum absolute atomic E-state index is 0.133. The number of anilines is 1. The molecule has 1 aliphatic rings. The summed E-state index contributed by atoms with van der Waals surface area (Å²) in [7, 11) is 0. The maximum absolute atomic E-state index is 11.8. The van der Waals surface area contributed by atoms with Gasteiger partial charge in [-0.25, -0.2) is 0 Å². The lowest BCUT2D eigenvalue weighted by atomic mass is 9.97. The van der Waals surface area contributed by atoms with Crippen LogP contribution in [0.25, 0.3) is 0 Å². The van der Waals surface area contributed by atoms with Crippen LogP contribution in [0.15, 0.2) is 35.9 Å². The molecule has 1 aromatic carbocycles. The topological polar surface area (TPSA) is 41.1 Å². The van der Waals surface area contributed by atoms with Crippen molar-refractivity contribution in [1.29, 1.82) is 0 Å². The van der Waals surface area contributed by atoms with Gasteiger partial charge >= 0.3 is 0 Å². The molecule has 1 aromatic rings. The van der Waals surface area contributed by atoms with Gasteiger partial charge in [0.15, 0.2) is 0 Å². The van der Waals surface area contributed by atoms with Gasteiger partial charge in [-0.2, -0.15) is 0 Å². The Labute approximate surface area is 134 Å². The van der Waals surface area contributed by atoms with Crippen LogP contribution in [0.1, 0.15) is 51.0 Å². The number of carbonyl (C=O) groups excluding carboxylic acids is 1. The number of hydrogen-bond acceptors (Lipinski definition) is 2. The highest BCUT2D eigenvalue weighted by Crippen LogP contribution is 2.19. The minimum atomic E-state index is 0.133. The van der Waals surface area contributed by atoms with Crippen LogP contribution < -0.4 is 10.6 Å². The van der Waals surface area contributed by atoms with Crippen LogP contribution in [0.3, 0.4) is 0 Å². The molecule has 2 rings (SSSR count). The van der Waals surface area contributed by atoms with Crippen molar-refractivity contribution in [1.82, 2.24) is 5.32 Å². The molecule has 0 heterocycles. The summed E-state index contributed by atoms with van der Waals surface area (Å²) < 4.78 is 0. The number of hydrogen-bond donors (Lipinski definition) is 2. The molecule has 3 nitrogen and oxygen atoms in total. The van der Waals surface area contributed by atoms with Gasteiger partial charge in [0, 0.05) is 25.2 Å². The largest absolute Gasteiger partial charge is 0.385 e. The maximum atomic E-state index is 11.8. The summed E-state index contributed by atoms with van der Waals surface area (Å²) in [5, 5.41) is 6.31. The predicted molar refractivity (Wildman–Crippen MR) is 93.1 cm³/mol. The number of benzene rings is 1. The molecule has 0 radical (unpaired) electrons. The molecule has 1 aliphatic carbocycles. The molecule has 0 spiro atoms. The first kappa shape index (κ1) is 16.6. The molecule has 22 heavy (non-hydrogen) atoms. The van der Waals surface area contributed by atoms with Crippen molar-refractivity contribution in [2.75, 3.05) is 18.4 Å². The van der Waals surface area contributed by atoms with Gasteiger partial charge in [0.2, 0.25) is 5.91 Å². The van der Waals surface area contributed by atoms with Crippen molar-refractivity contribution < 1.29 is 4.79 Å². The van der Waals surface area contributed by atoms with Crippen LogP contribution in [-0.2, 0) is 11.2 Å². The SMILES string of the molecule is CCc1ccc(NCCC(=O)NCCC2=CCCCC2)cc1. The fraction of sp³-hybridized carbons (Fsp3) is 0.526. The molecule has 0 saturated carbocycles. The Morgan fingerprint density at radius 1 is 1.14 bits per heavy atom. The first-order valence-electron chi connectivity index (χ1n) is 8.55. The van der Waals surface area contributed by atoms with Gasteiger partial charge in [-0.15, -0.1) is 0 Å². The molecule has 0 unspecified atom stereocenters. The minimum Gasteiger partial charge on any atom is -0.385 e. The molecular weight excluding hydrogens is 272 g/mol. The lowest BCUT2D eigenvalue weighted by Gasteiger charge is -2.13. The first-order chi connectivity index (χ1) is 10.8. The quantitative estimate of drug-likeness (QED) is 0.711. The van der Waals surface area contributed by atoms with Gasteiger partial charge < -0.3 is 10.6 Å². The van der Waals surface area contributed by atoms with Crippen molar-refractivity contribution in [3.8, 4) is 0 Å². The van der Waals surface area contributed by atoms with E-state index in [1.165, 1.54) is 36.8 Å². The van der Waals surface area contributed by atoms with Gasteiger partial charge in [-0.05, 0) is 56.2 Å². The summed E-state index contributed by atoms with van der Waals surface area (Å²) in [4.78, 5) is 11.8. The Bertz CT molecular complexity index is 491. The number of amides is 1. The summed E-state index contributed by atoms with van der Waals surface area (Å²) in [5.41, 5.74) is 3.93. The third-order valence-corrected chi connectivity index (χ3v) is 4.20. The summed E-state index contributed by atoms with van der Waals surface area (Å²) >= 11 is 0. The smallest absolute Gasteiger partial charge is 0.221 e. The zero-order valence-corrected chi connectivity index (χ0v) is 13.7. The molecule has 1 amide bonds. The second-order valence-corrected chi connectivity index (χ2v) is 5.94. The normalized spacial score (nSPS) is 14.3. The molecule has 0 fully saturated rings. The highest BCUT2D eigenvalue weighted by atomic mass is 16.1. The number of carbonyl (C=O) groups is 1. The van der Waals surface area contributed by atoms with E-state index in [-0.39, 0.29) is 5.91 Å². The van der Waals surface area contributed by atoms with Crippen molar-refractivity contribution in [3.05, 3.63) is 41.5 Å². The van der Waals surface area contributed by atoms with Crippen molar-refractivity contribution in [2.45, 2.75) is 51.9 Å². The van der Waals surface area contributed by atoms with Crippen LogP contribution in [0.2, 0.25) is 0 Å². The second-order valence-electron chi connectivity index (χ2n) is 5.94. The van der Waals surface area contributed by atoms with E-state index in [2.05, 4.69) is 47.9 Å². The average molecular weight is 300 g/mol. The highest BCUT2D eigenvalue weighted by Gasteiger charge is 2.05. The standard InChI is InChI=1S/C19H28N2O/c1-2-16-8-10-18(11-9-16)20-15-13-19(22)21-14-12-17-6-4-3-5-7-17/h6,8-11,20H,2-5,7,12-15H2,1H3,(H,21,22). The van der Waals surface area contributed by atoms with Gasteiger partial charge in [-0.1, -0.05) is 30.7 Å². The summed E-state index contributed by atoms with van der Waals surface area (Å²) in [5.74, 6) is 0.133. The number of rotatable bonds is 8. The van der Waals surface area contributed by atoms with E-state index < -0.39 is 0 Å². The molecule has 0 aliphatic heterocycles. The molecule has 0 bridgehead atoms. The molecule has 120 valence electrons. The Morgan fingerprint density at radius 2 is 1.95 bits per heavy atom. The van der Waals surface area contributed by atoms with Gasteiger partial charge in [0.05, 0.1) is 0 Å². The summed E-state index contributed by atoms with van der Waals surface area (Å²) in [6, 6.07) is 8.40. The van der Waals surface area contributed by atoms with Crippen LogP contribution in [0.4, 0.5) is 5.69 Å². The van der Waals surface area contributed by atoms with E-state index in [4.69, 9.17) is 0 Å². The van der Waals surface area contributed by atoms with Crippen LogP contribution in [-0.4, -0.2) is 19.0 Å². The Balaban J connectivity index is 1.57. The molecule has 2 N–H and O–H groups in total. The van der Waals surface area contributed by atoms with E-state index in [9.17, 15) is 4.79 Å². The van der Waals surface area contributed by atoms with E-state index in [0.29, 0.717) is 13.0 Å². The number of aryl methyl sites for hydroxylation is 1. The summed E-state index contributed by atoms with van der Waals surface area (Å²) in [6.07, 6.45) is 9.99. The van der Waals surface area contributed by atoms with E-state index in [0.717, 1.165) is 25.1 Å². The monoisotopic (exact) mass is 300 g/mol. The van der Waals surface area contributed by atoms with Crippen LogP contribution >= 0.6 is 0 Å². The van der Waals surface area contributed by atoms with Crippen molar-refractivity contribution in [3.63, 3.8) is 0 Å². The van der Waals surface area contributed by atoms with Crippen LogP contribution in [0.5, 0.6) is 0 Å². The first-order valence-corrected chi connectivity index (χ1v) is 8.55. The average Bonchev–Trinajstić information content (AvgIpc) is 2.56. The summed E-state index contributed by atoms with van der Waals surface area (Å²) in [6.45, 7) is 3.60. The Hall–Kier alpha value is -1.77. The predicted octanol–water partition coefficient (Wildman–Crippen LogP) is 4.06. The molecule has 0 aromatic heterocycles. The fourth-order valence-corrected chi connectivity index (χ4v) is 2.76. The molecular formula is C19H28N2O. The number of nitrogens with one attached hydrogen (secondary N) is 2. The Morgan fingerprint density at radius 3 is 2.64 bits per heavy atom. The zero-order valence-electron chi connectivity index (χ0n) is 13.7. The lowest BCUT2D eigenvalue weighted by Crippen LogP contribution is -2.26. The molecule has 3 heteroatoms. The lowest BCUT2D eigenvalue weighted by molar-refractivity contribution is -0.120. The van der Waals surface area contributed by atoms with Gasteiger partial charge in [-0.3, -0.25) is 4.79 Å². The molecule has 0 atom stereocenters. The fourth-order valence-electron chi connectivity index (χ4n) is 2.76. The molecule has 0 saturated heterocycles. The number of allylic oxidation sites excluding steroid dienone is 1. The third-order valence-electron chi connectivity index (χ3n) is 4.20. The van der Waals surface area contributed by atoms with Gasteiger partial charge in [0.25, 0.3) is 0 Å². The maximum Gasteiger partial charge on any atom is 0.221 e.